The van der Waals surface area contributed by atoms with Crippen molar-refractivity contribution in [2.24, 2.45) is 4.99 Å². The first-order valence-corrected chi connectivity index (χ1v) is 10.5. The number of hydrogen-bond donors (Lipinski definition) is 2. The Bertz CT molecular complexity index is 1040. The second kappa shape index (κ2) is 9.67. The molecule has 4 rings (SSSR count). The average molecular weight is 422 g/mol. The molecule has 2 N–H and O–H groups in total. The molecule has 3 aromatic rings. The number of amides is 1. The standard InChI is InChI=1S/C22H27N7O2/c1-3-28(4-2)12-11-23-20(30)14-21-26-22(27-31-21)17-8-5-7-16(13-17)18-15-29-19(25-18)9-6-10-24-29/h5-10,13,15,22,27H,3-4,11-12,14H2,1-2H3,(H,23,30). The molecule has 1 amide bonds. The van der Waals surface area contributed by atoms with Gasteiger partial charge in [-0.05, 0) is 36.9 Å². The summed E-state index contributed by atoms with van der Waals surface area (Å²) < 4.78 is 1.74. The van der Waals surface area contributed by atoms with Crippen molar-refractivity contribution in [2.75, 3.05) is 26.2 Å². The predicted molar refractivity (Wildman–Crippen MR) is 118 cm³/mol. The monoisotopic (exact) mass is 421 g/mol. The lowest BCUT2D eigenvalue weighted by Crippen LogP contribution is -2.35. The molecule has 9 nitrogen and oxygen atoms in total. The average Bonchev–Trinajstić information content (AvgIpc) is 3.44. The van der Waals surface area contributed by atoms with Gasteiger partial charge in [0.25, 0.3) is 0 Å². The molecular weight excluding hydrogens is 394 g/mol. The van der Waals surface area contributed by atoms with E-state index in [1.807, 2.05) is 42.6 Å². The second-order valence-corrected chi connectivity index (χ2v) is 7.28. The van der Waals surface area contributed by atoms with Gasteiger partial charge < -0.3 is 15.1 Å². The maximum atomic E-state index is 12.2. The van der Waals surface area contributed by atoms with E-state index in [0.29, 0.717) is 12.4 Å². The van der Waals surface area contributed by atoms with Crippen molar-refractivity contribution in [1.29, 1.82) is 0 Å². The first kappa shape index (κ1) is 21.0. The molecule has 1 unspecified atom stereocenters. The van der Waals surface area contributed by atoms with Gasteiger partial charge in [0.2, 0.25) is 11.8 Å². The van der Waals surface area contributed by atoms with Crippen molar-refractivity contribution in [1.82, 2.24) is 30.3 Å². The molecule has 0 bridgehead atoms. The van der Waals surface area contributed by atoms with Crippen molar-refractivity contribution in [3.05, 3.63) is 54.4 Å². The molecule has 9 heteroatoms. The lowest BCUT2D eigenvalue weighted by molar-refractivity contribution is -0.120. The zero-order valence-electron chi connectivity index (χ0n) is 17.8. The van der Waals surface area contributed by atoms with Crippen LogP contribution >= 0.6 is 0 Å². The fraction of sp³-hybridized carbons (Fsp3) is 0.364. The van der Waals surface area contributed by atoms with Crippen molar-refractivity contribution >= 4 is 17.5 Å². The Hall–Kier alpha value is -3.30. The number of carbonyl (C=O) groups is 1. The summed E-state index contributed by atoms with van der Waals surface area (Å²) in [6.07, 6.45) is 3.36. The molecule has 0 spiro atoms. The van der Waals surface area contributed by atoms with Crippen molar-refractivity contribution in [3.63, 3.8) is 0 Å². The maximum Gasteiger partial charge on any atom is 0.229 e. The molecule has 1 atom stereocenters. The van der Waals surface area contributed by atoms with E-state index in [9.17, 15) is 4.79 Å². The number of fused-ring (bicyclic) bond motifs is 1. The largest absolute Gasteiger partial charge is 0.390 e. The zero-order valence-corrected chi connectivity index (χ0v) is 17.8. The van der Waals surface area contributed by atoms with Crippen molar-refractivity contribution in [3.8, 4) is 11.3 Å². The van der Waals surface area contributed by atoms with Gasteiger partial charge >= 0.3 is 0 Å². The summed E-state index contributed by atoms with van der Waals surface area (Å²) in [7, 11) is 0. The van der Waals surface area contributed by atoms with Gasteiger partial charge in [-0.1, -0.05) is 32.0 Å². The van der Waals surface area contributed by atoms with Crippen LogP contribution in [0.15, 0.2) is 53.8 Å². The summed E-state index contributed by atoms with van der Waals surface area (Å²) in [5, 5.41) is 7.19. The van der Waals surface area contributed by atoms with Crippen LogP contribution in [0.2, 0.25) is 0 Å². The lowest BCUT2D eigenvalue weighted by Gasteiger charge is -2.17. The van der Waals surface area contributed by atoms with E-state index < -0.39 is 0 Å². The van der Waals surface area contributed by atoms with E-state index in [-0.39, 0.29) is 18.5 Å². The normalized spacial score (nSPS) is 15.8. The fourth-order valence-corrected chi connectivity index (χ4v) is 3.48. The first-order chi connectivity index (χ1) is 15.2. The van der Waals surface area contributed by atoms with Gasteiger partial charge in [-0.3, -0.25) is 4.79 Å². The van der Waals surface area contributed by atoms with Gasteiger partial charge in [0.1, 0.15) is 6.42 Å². The van der Waals surface area contributed by atoms with Crippen molar-refractivity contribution < 1.29 is 9.63 Å². The van der Waals surface area contributed by atoms with Gasteiger partial charge in [-0.15, -0.1) is 5.48 Å². The predicted octanol–water partition coefficient (Wildman–Crippen LogP) is 2.18. The summed E-state index contributed by atoms with van der Waals surface area (Å²) in [4.78, 5) is 29.0. The minimum Gasteiger partial charge on any atom is -0.390 e. The van der Waals surface area contributed by atoms with Crippen LogP contribution in [0, 0.1) is 0 Å². The number of likely N-dealkylation sites (N-methyl/N-ethyl adjacent to an activating group) is 1. The summed E-state index contributed by atoms with van der Waals surface area (Å²) in [6, 6.07) is 11.7. The number of aromatic nitrogens is 3. The number of imidazole rings is 1. The van der Waals surface area contributed by atoms with Gasteiger partial charge in [0.05, 0.1) is 11.9 Å². The first-order valence-electron chi connectivity index (χ1n) is 10.5. The SMILES string of the molecule is CCN(CC)CCNC(=O)CC1=NC(c2cccc(-c3cn4ncccc4n3)c2)NO1. The van der Waals surface area contributed by atoms with E-state index in [0.717, 1.165) is 42.1 Å². The summed E-state index contributed by atoms with van der Waals surface area (Å²) in [6.45, 7) is 7.60. The molecule has 31 heavy (non-hydrogen) atoms. The molecule has 0 saturated carbocycles. The molecule has 0 aliphatic carbocycles. The zero-order chi connectivity index (χ0) is 21.6. The third-order valence-electron chi connectivity index (χ3n) is 5.25. The number of benzene rings is 1. The fourth-order valence-electron chi connectivity index (χ4n) is 3.48. The Balaban J connectivity index is 1.38. The van der Waals surface area contributed by atoms with Gasteiger partial charge in [0.15, 0.2) is 11.8 Å². The van der Waals surface area contributed by atoms with Gasteiger partial charge in [-0.25, -0.2) is 14.5 Å². The molecule has 3 heterocycles. The highest BCUT2D eigenvalue weighted by Crippen LogP contribution is 2.25. The minimum atomic E-state index is -0.367. The lowest BCUT2D eigenvalue weighted by atomic mass is 10.1. The van der Waals surface area contributed by atoms with Crippen LogP contribution in [-0.4, -0.2) is 57.5 Å². The maximum absolute atomic E-state index is 12.2. The number of nitrogens with zero attached hydrogens (tertiary/aromatic N) is 5. The Labute approximate surface area is 181 Å². The molecular formula is C22H27N7O2. The van der Waals surface area contributed by atoms with Crippen LogP contribution in [-0.2, 0) is 9.63 Å². The van der Waals surface area contributed by atoms with E-state index in [2.05, 4.69) is 44.6 Å². The van der Waals surface area contributed by atoms with E-state index >= 15 is 0 Å². The molecule has 1 aliphatic rings. The summed E-state index contributed by atoms with van der Waals surface area (Å²) >= 11 is 0. The molecule has 1 aliphatic heterocycles. The van der Waals surface area contributed by atoms with Crippen LogP contribution in [0.25, 0.3) is 16.9 Å². The van der Waals surface area contributed by atoms with Crippen LogP contribution < -0.4 is 10.8 Å². The number of hydrogen-bond acceptors (Lipinski definition) is 7. The molecule has 1 aromatic carbocycles. The highest BCUT2D eigenvalue weighted by molar-refractivity contribution is 5.97. The highest BCUT2D eigenvalue weighted by atomic mass is 16.7. The number of carbonyl (C=O) groups excluding carboxylic acids is 1. The van der Waals surface area contributed by atoms with Crippen molar-refractivity contribution in [2.45, 2.75) is 26.4 Å². The number of hydroxylamine groups is 1. The smallest absolute Gasteiger partial charge is 0.229 e. The van der Waals surface area contributed by atoms with E-state index in [4.69, 9.17) is 4.84 Å². The Kier molecular flexibility index (Phi) is 6.54. The molecule has 0 saturated heterocycles. The summed E-state index contributed by atoms with van der Waals surface area (Å²) in [5.74, 6) is 0.284. The van der Waals surface area contributed by atoms with E-state index in [1.54, 1.807) is 10.7 Å². The Morgan fingerprint density at radius 3 is 2.94 bits per heavy atom. The third kappa shape index (κ3) is 5.07. The summed E-state index contributed by atoms with van der Waals surface area (Å²) in [5.41, 5.74) is 6.41. The molecule has 0 radical (unpaired) electrons. The minimum absolute atomic E-state index is 0.0979. The molecule has 0 fully saturated rings. The van der Waals surface area contributed by atoms with E-state index in [1.165, 1.54) is 0 Å². The molecule has 2 aromatic heterocycles. The Morgan fingerprint density at radius 1 is 1.26 bits per heavy atom. The third-order valence-corrected chi connectivity index (χ3v) is 5.25. The van der Waals surface area contributed by atoms with Gasteiger partial charge in [0, 0.05) is 24.8 Å². The number of aliphatic imine (C=N–C) groups is 1. The Morgan fingerprint density at radius 2 is 2.13 bits per heavy atom. The highest BCUT2D eigenvalue weighted by Gasteiger charge is 2.22. The number of nitrogens with one attached hydrogen (secondary N) is 2. The second-order valence-electron chi connectivity index (χ2n) is 7.28. The topological polar surface area (TPSA) is 96.2 Å². The quantitative estimate of drug-likeness (QED) is 0.550. The van der Waals surface area contributed by atoms with Gasteiger partial charge in [-0.2, -0.15) is 5.10 Å². The van der Waals surface area contributed by atoms with Crippen LogP contribution in [0.4, 0.5) is 0 Å². The van der Waals surface area contributed by atoms with Crippen LogP contribution in [0.5, 0.6) is 0 Å². The van der Waals surface area contributed by atoms with Crippen LogP contribution in [0.3, 0.4) is 0 Å². The molecule has 162 valence electrons. The number of rotatable bonds is 9. The van der Waals surface area contributed by atoms with Crippen LogP contribution in [0.1, 0.15) is 32.0 Å².